The van der Waals surface area contributed by atoms with Gasteiger partial charge in [0, 0.05) is 25.3 Å². The molecule has 5 rings (SSSR count). The number of aromatic nitrogens is 4. The van der Waals surface area contributed by atoms with Crippen molar-refractivity contribution in [3.05, 3.63) is 35.7 Å². The van der Waals surface area contributed by atoms with Crippen LogP contribution in [-0.2, 0) is 0 Å². The van der Waals surface area contributed by atoms with E-state index >= 15 is 0 Å². The summed E-state index contributed by atoms with van der Waals surface area (Å²) in [5.74, 6) is -0.270. The number of halogens is 3. The number of rotatable bonds is 4. The van der Waals surface area contributed by atoms with Gasteiger partial charge in [-0.1, -0.05) is 0 Å². The van der Waals surface area contributed by atoms with Crippen LogP contribution in [0.25, 0.3) is 11.0 Å². The largest absolute Gasteiger partial charge is 0.405 e. The molecule has 1 unspecified atom stereocenters. The highest BCUT2D eigenvalue weighted by Crippen LogP contribution is 2.39. The van der Waals surface area contributed by atoms with Crippen molar-refractivity contribution in [3.63, 3.8) is 0 Å². The third-order valence-corrected chi connectivity index (χ3v) is 6.09. The van der Waals surface area contributed by atoms with Crippen molar-refractivity contribution in [2.24, 2.45) is 5.73 Å². The number of anilines is 3. The topological polar surface area (TPSA) is 145 Å². The zero-order valence-corrected chi connectivity index (χ0v) is 18.6. The molecule has 5 heterocycles. The van der Waals surface area contributed by atoms with Crippen molar-refractivity contribution in [1.82, 2.24) is 25.5 Å². The lowest BCUT2D eigenvalue weighted by molar-refractivity contribution is -0.146. The van der Waals surface area contributed by atoms with E-state index in [2.05, 4.69) is 35.7 Å². The molecule has 3 aromatic heterocycles. The third kappa shape index (κ3) is 4.20. The minimum absolute atomic E-state index is 0.122. The summed E-state index contributed by atoms with van der Waals surface area (Å²) in [6.07, 6.45) is -3.95. The van der Waals surface area contributed by atoms with Crippen molar-refractivity contribution < 1.29 is 22.8 Å². The van der Waals surface area contributed by atoms with Crippen LogP contribution in [0.4, 0.5) is 35.3 Å². The minimum atomic E-state index is -4.64. The molecule has 0 spiro atoms. The minimum Gasteiger partial charge on any atom is -0.366 e. The quantitative estimate of drug-likeness (QED) is 0.438. The molecule has 2 bridgehead atoms. The van der Waals surface area contributed by atoms with Crippen LogP contribution in [0.5, 0.6) is 0 Å². The second-order valence-corrected chi connectivity index (χ2v) is 8.51. The number of hydrogen-bond donors (Lipinski definition) is 4. The number of carbonyl (C=O) groups excluding carboxylic acids is 2. The van der Waals surface area contributed by atoms with Crippen molar-refractivity contribution in [1.29, 1.82) is 0 Å². The Bertz CT molecular complexity index is 1310. The predicted octanol–water partition coefficient (Wildman–Crippen LogP) is 1.91. The highest BCUT2D eigenvalue weighted by Gasteiger charge is 2.41. The van der Waals surface area contributed by atoms with Gasteiger partial charge in [-0.3, -0.25) is 20.1 Å². The lowest BCUT2D eigenvalue weighted by atomic mass is 10.1. The van der Waals surface area contributed by atoms with Crippen molar-refractivity contribution >= 4 is 40.3 Å². The molecule has 1 fully saturated rings. The van der Waals surface area contributed by atoms with E-state index in [-0.39, 0.29) is 17.6 Å². The number of hydrogen-bond acceptors (Lipinski definition) is 7. The number of nitrogens with two attached hydrogens (primary N) is 1. The first-order valence-electron chi connectivity index (χ1n) is 10.9. The van der Waals surface area contributed by atoms with E-state index in [9.17, 15) is 22.8 Å². The fourth-order valence-electron chi connectivity index (χ4n) is 4.27. The van der Waals surface area contributed by atoms with Gasteiger partial charge in [-0.25, -0.2) is 14.8 Å². The number of fused-ring (bicyclic) bond motifs is 5. The Balaban J connectivity index is 1.41. The van der Waals surface area contributed by atoms with Crippen LogP contribution in [-0.4, -0.2) is 70.0 Å². The standard InChI is InChI=1S/C21H22F3N9O2/c1-10-2-3-12-16(27-10)30-31-17(12)29-20(35)33-11-6-7-32(9-11)14-5-4-13(28-18(14)33)19(34)26-8-15(25)21(22,23)24/h2-5,11,15H,6-9,25H2,1H3,(H,26,34)(H2,27,29,30,31,35)/t11-,15?/m0/s1. The fraction of sp³-hybridized carbons (Fsp3) is 0.381. The number of urea groups is 1. The Morgan fingerprint density at radius 3 is 2.83 bits per heavy atom. The Morgan fingerprint density at radius 1 is 1.26 bits per heavy atom. The molecule has 14 heteroatoms. The van der Waals surface area contributed by atoms with Gasteiger partial charge in [-0.05, 0) is 37.6 Å². The summed E-state index contributed by atoms with van der Waals surface area (Å²) in [7, 11) is 0. The number of amides is 3. The first-order valence-corrected chi connectivity index (χ1v) is 10.9. The zero-order chi connectivity index (χ0) is 24.9. The highest BCUT2D eigenvalue weighted by atomic mass is 19.4. The molecule has 35 heavy (non-hydrogen) atoms. The van der Waals surface area contributed by atoms with Crippen LogP contribution in [0, 0.1) is 6.92 Å². The molecule has 3 aromatic rings. The highest BCUT2D eigenvalue weighted by molar-refractivity contribution is 6.07. The molecule has 0 saturated carbocycles. The van der Waals surface area contributed by atoms with Gasteiger partial charge in [-0.15, -0.1) is 0 Å². The van der Waals surface area contributed by atoms with Gasteiger partial charge in [-0.2, -0.15) is 18.3 Å². The molecule has 5 N–H and O–H groups in total. The van der Waals surface area contributed by atoms with E-state index in [1.165, 1.54) is 11.0 Å². The second kappa shape index (κ2) is 8.37. The van der Waals surface area contributed by atoms with Crippen LogP contribution < -0.4 is 26.2 Å². The van der Waals surface area contributed by atoms with Crippen LogP contribution in [0.2, 0.25) is 0 Å². The van der Waals surface area contributed by atoms with Crippen molar-refractivity contribution in [3.8, 4) is 0 Å². The fourth-order valence-corrected chi connectivity index (χ4v) is 4.27. The van der Waals surface area contributed by atoms with E-state index in [1.807, 2.05) is 6.92 Å². The van der Waals surface area contributed by atoms with E-state index < -0.39 is 30.7 Å². The van der Waals surface area contributed by atoms with Crippen molar-refractivity contribution in [2.45, 2.75) is 31.6 Å². The van der Waals surface area contributed by atoms with Crippen LogP contribution in [0.3, 0.4) is 0 Å². The maximum atomic E-state index is 13.4. The van der Waals surface area contributed by atoms with E-state index in [4.69, 9.17) is 5.73 Å². The predicted molar refractivity (Wildman–Crippen MR) is 121 cm³/mol. The average Bonchev–Trinajstić information content (AvgIpc) is 3.41. The molecule has 0 radical (unpaired) electrons. The number of nitrogens with one attached hydrogen (secondary N) is 3. The molecule has 11 nitrogen and oxygen atoms in total. The average molecular weight is 489 g/mol. The molecular weight excluding hydrogens is 467 g/mol. The number of aromatic amines is 1. The Labute approximate surface area is 196 Å². The Kier molecular flexibility index (Phi) is 5.46. The summed E-state index contributed by atoms with van der Waals surface area (Å²) in [5.41, 5.74) is 6.92. The molecule has 2 atom stereocenters. The van der Waals surface area contributed by atoms with E-state index in [0.717, 1.165) is 5.69 Å². The molecule has 2 aliphatic heterocycles. The molecule has 0 aromatic carbocycles. The summed E-state index contributed by atoms with van der Waals surface area (Å²) < 4.78 is 38.0. The summed E-state index contributed by atoms with van der Waals surface area (Å²) in [6, 6.07) is 3.76. The maximum absolute atomic E-state index is 13.4. The Morgan fingerprint density at radius 2 is 2.06 bits per heavy atom. The summed E-state index contributed by atoms with van der Waals surface area (Å²) in [5, 5.41) is 12.5. The lowest BCUT2D eigenvalue weighted by Gasteiger charge is -2.35. The van der Waals surface area contributed by atoms with Gasteiger partial charge >= 0.3 is 12.2 Å². The van der Waals surface area contributed by atoms with Crippen LogP contribution in [0.1, 0.15) is 22.6 Å². The number of pyridine rings is 2. The lowest BCUT2D eigenvalue weighted by Crippen LogP contribution is -2.49. The zero-order valence-electron chi connectivity index (χ0n) is 18.6. The normalized spacial score (nSPS) is 17.9. The van der Waals surface area contributed by atoms with Gasteiger partial charge < -0.3 is 16.0 Å². The van der Waals surface area contributed by atoms with Gasteiger partial charge in [0.05, 0.1) is 17.1 Å². The first-order chi connectivity index (χ1) is 16.6. The number of alkyl halides is 3. The van der Waals surface area contributed by atoms with E-state index in [0.29, 0.717) is 42.0 Å². The molecule has 1 saturated heterocycles. The van der Waals surface area contributed by atoms with Gasteiger partial charge in [0.25, 0.3) is 5.91 Å². The third-order valence-electron chi connectivity index (χ3n) is 6.09. The van der Waals surface area contributed by atoms with Gasteiger partial charge in [0.2, 0.25) is 0 Å². The molecule has 184 valence electrons. The molecule has 2 aliphatic rings. The SMILES string of the molecule is Cc1ccc2c(NC(=O)N3c4nc(C(=O)NCC(N)C(F)(F)F)ccc4N4CC[C@H]3C4)n[nH]c2n1. The molecule has 3 amide bonds. The Hall–Kier alpha value is -3.94. The summed E-state index contributed by atoms with van der Waals surface area (Å²) >= 11 is 0. The number of carbonyl (C=O) groups is 2. The van der Waals surface area contributed by atoms with Gasteiger partial charge in [0.15, 0.2) is 17.3 Å². The van der Waals surface area contributed by atoms with Crippen LogP contribution in [0.15, 0.2) is 24.3 Å². The maximum Gasteiger partial charge on any atom is 0.405 e. The van der Waals surface area contributed by atoms with Crippen LogP contribution >= 0.6 is 0 Å². The number of aryl methyl sites for hydroxylation is 1. The smallest absolute Gasteiger partial charge is 0.366 e. The molecule has 0 aliphatic carbocycles. The summed E-state index contributed by atoms with van der Waals surface area (Å²) in [6.45, 7) is 2.34. The van der Waals surface area contributed by atoms with Gasteiger partial charge in [0.1, 0.15) is 11.7 Å². The number of nitrogens with zero attached hydrogens (tertiary/aromatic N) is 5. The van der Waals surface area contributed by atoms with E-state index in [1.54, 1.807) is 18.2 Å². The number of H-pyrrole nitrogens is 1. The summed E-state index contributed by atoms with van der Waals surface area (Å²) in [4.78, 5) is 38.1. The van der Waals surface area contributed by atoms with Crippen molar-refractivity contribution in [2.75, 3.05) is 34.8 Å². The monoisotopic (exact) mass is 489 g/mol. The second-order valence-electron chi connectivity index (χ2n) is 8.51. The first kappa shape index (κ1) is 22.8. The molecular formula is C21H22F3N9O2.